The molecule has 6 nitrogen and oxygen atoms in total. The molecule has 2 heterocycles. The summed E-state index contributed by atoms with van der Waals surface area (Å²) in [5, 5.41) is 14.0. The first-order valence-corrected chi connectivity index (χ1v) is 8.14. The van der Waals surface area contributed by atoms with Gasteiger partial charge in [-0.25, -0.2) is 4.79 Å². The van der Waals surface area contributed by atoms with E-state index in [1.165, 1.54) is 0 Å². The van der Waals surface area contributed by atoms with Crippen molar-refractivity contribution in [3.05, 3.63) is 60.3 Å². The summed E-state index contributed by atoms with van der Waals surface area (Å²) in [5.41, 5.74) is 1.83. The molecule has 3 aromatic rings. The van der Waals surface area contributed by atoms with Crippen molar-refractivity contribution in [2.75, 3.05) is 5.32 Å². The summed E-state index contributed by atoms with van der Waals surface area (Å²) in [4.78, 5) is 12.5. The fourth-order valence-corrected chi connectivity index (χ4v) is 3.12. The lowest BCUT2D eigenvalue weighted by molar-refractivity contribution is 0.246. The summed E-state index contributed by atoms with van der Waals surface area (Å²) >= 11 is 0. The number of pyridine rings is 1. The van der Waals surface area contributed by atoms with Gasteiger partial charge in [-0.1, -0.05) is 43.3 Å². The Bertz CT molecular complexity index is 860. The maximum atomic E-state index is 12.5. The molecule has 4 rings (SSSR count). The SMILES string of the molecule is C[C@@H]1C[C@H]1[C@@H](NC(=O)Nc1nnc2ccccn12)c1ccccc1. The molecule has 122 valence electrons. The maximum absolute atomic E-state index is 12.5. The largest absolute Gasteiger partial charge is 0.331 e. The van der Waals surface area contributed by atoms with Crippen LogP contribution >= 0.6 is 0 Å². The van der Waals surface area contributed by atoms with Crippen LogP contribution in [0.15, 0.2) is 54.7 Å². The van der Waals surface area contributed by atoms with E-state index in [2.05, 4.69) is 39.9 Å². The van der Waals surface area contributed by atoms with Gasteiger partial charge in [-0.2, -0.15) is 0 Å². The molecule has 1 saturated carbocycles. The van der Waals surface area contributed by atoms with Crippen molar-refractivity contribution in [1.29, 1.82) is 0 Å². The van der Waals surface area contributed by atoms with Crippen LogP contribution in [0.25, 0.3) is 5.65 Å². The first-order valence-electron chi connectivity index (χ1n) is 8.14. The summed E-state index contributed by atoms with van der Waals surface area (Å²) in [5.74, 6) is 1.52. The van der Waals surface area contributed by atoms with Crippen molar-refractivity contribution in [3.8, 4) is 0 Å². The van der Waals surface area contributed by atoms with Crippen molar-refractivity contribution in [2.24, 2.45) is 11.8 Å². The third kappa shape index (κ3) is 2.82. The second kappa shape index (κ2) is 5.96. The average molecular weight is 321 g/mol. The highest BCUT2D eigenvalue weighted by Gasteiger charge is 2.41. The number of hydrogen-bond acceptors (Lipinski definition) is 3. The Kier molecular flexibility index (Phi) is 3.65. The minimum atomic E-state index is -0.263. The van der Waals surface area contributed by atoms with Crippen LogP contribution in [0.2, 0.25) is 0 Å². The molecule has 2 N–H and O–H groups in total. The molecule has 24 heavy (non-hydrogen) atoms. The van der Waals surface area contributed by atoms with Gasteiger partial charge in [0, 0.05) is 6.20 Å². The number of anilines is 1. The monoisotopic (exact) mass is 321 g/mol. The average Bonchev–Trinajstić information content (AvgIpc) is 3.20. The van der Waals surface area contributed by atoms with E-state index in [9.17, 15) is 4.79 Å². The van der Waals surface area contributed by atoms with Crippen molar-refractivity contribution < 1.29 is 4.79 Å². The molecular weight excluding hydrogens is 302 g/mol. The maximum Gasteiger partial charge on any atom is 0.322 e. The minimum absolute atomic E-state index is 0.0142. The molecule has 1 aliphatic carbocycles. The number of hydrogen-bond donors (Lipinski definition) is 2. The van der Waals surface area contributed by atoms with Gasteiger partial charge in [-0.05, 0) is 36.0 Å². The molecule has 2 amide bonds. The Morgan fingerprint density at radius 1 is 1.17 bits per heavy atom. The number of fused-ring (bicyclic) bond motifs is 1. The van der Waals surface area contributed by atoms with Gasteiger partial charge in [0.1, 0.15) is 0 Å². The Balaban J connectivity index is 1.51. The highest BCUT2D eigenvalue weighted by atomic mass is 16.2. The van der Waals surface area contributed by atoms with Gasteiger partial charge in [0.2, 0.25) is 5.95 Å². The first-order chi connectivity index (χ1) is 11.7. The van der Waals surface area contributed by atoms with Gasteiger partial charge in [0.15, 0.2) is 5.65 Å². The topological polar surface area (TPSA) is 71.3 Å². The molecule has 0 radical (unpaired) electrons. The number of carbonyl (C=O) groups is 1. The molecule has 0 unspecified atom stereocenters. The standard InChI is InChI=1S/C18H19N5O/c1-12-11-14(12)16(13-7-3-2-4-8-13)19-18(24)20-17-22-21-15-9-5-6-10-23(15)17/h2-10,12,14,16H,11H2,1H3,(H2,19,20,22,24)/t12-,14-,16+/m1/s1. The van der Waals surface area contributed by atoms with Crippen LogP contribution in [0.3, 0.4) is 0 Å². The van der Waals surface area contributed by atoms with E-state index in [4.69, 9.17) is 0 Å². The first kappa shape index (κ1) is 14.7. The Morgan fingerprint density at radius 2 is 1.92 bits per heavy atom. The molecule has 0 spiro atoms. The van der Waals surface area contributed by atoms with Crippen molar-refractivity contribution in [1.82, 2.24) is 19.9 Å². The summed E-state index contributed by atoms with van der Waals surface area (Å²) in [7, 11) is 0. The second-order valence-corrected chi connectivity index (χ2v) is 6.32. The zero-order valence-corrected chi connectivity index (χ0v) is 13.4. The number of urea groups is 1. The minimum Gasteiger partial charge on any atom is -0.331 e. The van der Waals surface area contributed by atoms with Crippen LogP contribution in [-0.2, 0) is 0 Å². The Morgan fingerprint density at radius 3 is 2.67 bits per heavy atom. The lowest BCUT2D eigenvalue weighted by atomic mass is 10.0. The van der Waals surface area contributed by atoms with Gasteiger partial charge in [-0.3, -0.25) is 9.72 Å². The fraction of sp³-hybridized carbons (Fsp3) is 0.278. The van der Waals surface area contributed by atoms with Gasteiger partial charge < -0.3 is 5.32 Å². The number of aromatic nitrogens is 3. The van der Waals surface area contributed by atoms with Gasteiger partial charge in [0.05, 0.1) is 6.04 Å². The van der Waals surface area contributed by atoms with E-state index >= 15 is 0 Å². The summed E-state index contributed by atoms with van der Waals surface area (Å²) in [6, 6.07) is 15.5. The van der Waals surface area contributed by atoms with E-state index in [0.29, 0.717) is 23.4 Å². The van der Waals surface area contributed by atoms with Gasteiger partial charge >= 0.3 is 6.03 Å². The van der Waals surface area contributed by atoms with E-state index in [1.54, 1.807) is 4.40 Å². The Labute approximate surface area is 139 Å². The number of amides is 2. The molecule has 2 aromatic heterocycles. The Hall–Kier alpha value is -2.89. The highest BCUT2D eigenvalue weighted by Crippen LogP contribution is 2.46. The number of benzene rings is 1. The number of nitrogens with zero attached hydrogens (tertiary/aromatic N) is 3. The molecule has 0 aliphatic heterocycles. The van der Waals surface area contributed by atoms with Crippen LogP contribution in [0, 0.1) is 11.8 Å². The zero-order chi connectivity index (χ0) is 16.5. The van der Waals surface area contributed by atoms with Crippen LogP contribution in [0.4, 0.5) is 10.7 Å². The number of carbonyl (C=O) groups excluding carboxylic acids is 1. The van der Waals surface area contributed by atoms with E-state index < -0.39 is 0 Å². The predicted molar refractivity (Wildman–Crippen MR) is 91.6 cm³/mol. The smallest absolute Gasteiger partial charge is 0.322 e. The summed E-state index contributed by atoms with van der Waals surface area (Å²) in [6.07, 6.45) is 2.95. The molecule has 6 heteroatoms. The van der Waals surface area contributed by atoms with Crippen molar-refractivity contribution in [2.45, 2.75) is 19.4 Å². The second-order valence-electron chi connectivity index (χ2n) is 6.32. The predicted octanol–water partition coefficient (Wildman–Crippen LogP) is 3.25. The molecule has 0 bridgehead atoms. The van der Waals surface area contributed by atoms with Crippen molar-refractivity contribution >= 4 is 17.6 Å². The van der Waals surface area contributed by atoms with Crippen LogP contribution < -0.4 is 10.6 Å². The third-order valence-corrected chi connectivity index (χ3v) is 4.58. The molecular formula is C18H19N5O. The van der Waals surface area contributed by atoms with Gasteiger partial charge in [-0.15, -0.1) is 10.2 Å². The van der Waals surface area contributed by atoms with Crippen molar-refractivity contribution in [3.63, 3.8) is 0 Å². The molecule has 1 fully saturated rings. The fourth-order valence-electron chi connectivity index (χ4n) is 3.12. The molecule has 0 saturated heterocycles. The summed E-state index contributed by atoms with van der Waals surface area (Å²) < 4.78 is 1.75. The lowest BCUT2D eigenvalue weighted by Gasteiger charge is -2.19. The third-order valence-electron chi connectivity index (χ3n) is 4.58. The lowest BCUT2D eigenvalue weighted by Crippen LogP contribution is -2.34. The molecule has 1 aromatic carbocycles. The van der Waals surface area contributed by atoms with Crippen LogP contribution in [0.5, 0.6) is 0 Å². The van der Waals surface area contributed by atoms with E-state index in [1.807, 2.05) is 42.6 Å². The number of nitrogens with one attached hydrogen (secondary N) is 2. The zero-order valence-electron chi connectivity index (χ0n) is 13.4. The van der Waals surface area contributed by atoms with E-state index in [0.717, 1.165) is 12.0 Å². The van der Waals surface area contributed by atoms with Gasteiger partial charge in [0.25, 0.3) is 0 Å². The highest BCUT2D eigenvalue weighted by molar-refractivity contribution is 5.88. The number of rotatable bonds is 4. The van der Waals surface area contributed by atoms with Crippen LogP contribution in [-0.4, -0.2) is 20.6 Å². The normalized spacial score (nSPS) is 20.5. The quantitative estimate of drug-likeness (QED) is 0.775. The molecule has 1 aliphatic rings. The summed E-state index contributed by atoms with van der Waals surface area (Å²) in [6.45, 7) is 2.21. The van der Waals surface area contributed by atoms with E-state index in [-0.39, 0.29) is 12.1 Å². The van der Waals surface area contributed by atoms with Crippen LogP contribution in [0.1, 0.15) is 24.9 Å². The molecule has 3 atom stereocenters.